The number of halogens is 2. The van der Waals surface area contributed by atoms with Gasteiger partial charge in [0.05, 0.1) is 23.9 Å². The van der Waals surface area contributed by atoms with Crippen LogP contribution < -0.4 is 5.32 Å². The number of aromatic nitrogens is 2. The molecule has 1 heterocycles. The van der Waals surface area contributed by atoms with Crippen LogP contribution in [0.2, 0.25) is 10.0 Å². The Balaban J connectivity index is 2.24. The molecule has 7 heteroatoms. The molecule has 0 aliphatic heterocycles. The minimum Gasteiger partial charge on any atom is -0.506 e. The van der Waals surface area contributed by atoms with E-state index in [0.29, 0.717) is 23.7 Å². The minimum absolute atomic E-state index is 0.00346. The fourth-order valence-electron chi connectivity index (χ4n) is 2.08. The first-order valence-corrected chi connectivity index (χ1v) is 7.25. The fourth-order valence-corrected chi connectivity index (χ4v) is 2.62. The van der Waals surface area contributed by atoms with Crippen LogP contribution >= 0.6 is 23.2 Å². The molecule has 0 fully saturated rings. The average molecular weight is 330 g/mol. The van der Waals surface area contributed by atoms with Crippen molar-refractivity contribution in [3.63, 3.8) is 0 Å². The molecule has 0 radical (unpaired) electrons. The maximum absolute atomic E-state index is 9.95. The van der Waals surface area contributed by atoms with Crippen molar-refractivity contribution in [2.45, 2.75) is 26.9 Å². The van der Waals surface area contributed by atoms with E-state index in [1.54, 1.807) is 10.7 Å². The Hall–Kier alpha value is -1.43. The number of aliphatic hydroxyl groups excluding tert-OH is 1. The zero-order valence-corrected chi connectivity index (χ0v) is 13.3. The van der Waals surface area contributed by atoms with Gasteiger partial charge in [0.25, 0.3) is 0 Å². The third-order valence-corrected chi connectivity index (χ3v) is 3.80. The number of nitrogens with one attached hydrogen (secondary N) is 1. The summed E-state index contributed by atoms with van der Waals surface area (Å²) in [6.07, 6.45) is 0. The highest BCUT2D eigenvalue weighted by atomic mass is 35.5. The van der Waals surface area contributed by atoms with Gasteiger partial charge in [-0.25, -0.2) is 4.68 Å². The summed E-state index contributed by atoms with van der Waals surface area (Å²) in [5, 5.41) is 27.3. The lowest BCUT2D eigenvalue weighted by Gasteiger charge is -2.12. The minimum atomic E-state index is 0.00346. The summed E-state index contributed by atoms with van der Waals surface area (Å²) < 4.78 is 1.70. The molecule has 0 saturated carbocycles. The van der Waals surface area contributed by atoms with Gasteiger partial charge in [0.1, 0.15) is 11.6 Å². The van der Waals surface area contributed by atoms with Gasteiger partial charge < -0.3 is 15.5 Å². The zero-order valence-electron chi connectivity index (χ0n) is 11.8. The number of hydrogen-bond acceptors (Lipinski definition) is 4. The van der Waals surface area contributed by atoms with E-state index in [4.69, 9.17) is 28.3 Å². The van der Waals surface area contributed by atoms with Crippen LogP contribution in [0.1, 0.15) is 16.8 Å². The van der Waals surface area contributed by atoms with Crippen molar-refractivity contribution in [1.29, 1.82) is 0 Å². The molecule has 0 aliphatic carbocycles. The number of rotatable bonds is 5. The first-order valence-electron chi connectivity index (χ1n) is 6.49. The van der Waals surface area contributed by atoms with Gasteiger partial charge in [-0.2, -0.15) is 5.10 Å². The Labute approximate surface area is 133 Å². The van der Waals surface area contributed by atoms with E-state index < -0.39 is 0 Å². The monoisotopic (exact) mass is 329 g/mol. The molecule has 3 N–H and O–H groups in total. The molecular formula is C14H17Cl2N3O2. The summed E-state index contributed by atoms with van der Waals surface area (Å²) >= 11 is 11.9. The lowest BCUT2D eigenvalue weighted by molar-refractivity contribution is 0.270. The summed E-state index contributed by atoms with van der Waals surface area (Å²) in [6, 6.07) is 3.15. The van der Waals surface area contributed by atoms with Crippen LogP contribution in [0.4, 0.5) is 5.82 Å². The van der Waals surface area contributed by atoms with E-state index >= 15 is 0 Å². The maximum atomic E-state index is 9.95. The molecular weight excluding hydrogens is 313 g/mol. The van der Waals surface area contributed by atoms with Crippen LogP contribution in [0.25, 0.3) is 0 Å². The fraction of sp³-hybridized carbons (Fsp3) is 0.357. The van der Waals surface area contributed by atoms with Crippen molar-refractivity contribution >= 4 is 29.0 Å². The van der Waals surface area contributed by atoms with Crippen LogP contribution in [0, 0.1) is 13.8 Å². The van der Waals surface area contributed by atoms with Gasteiger partial charge in [0, 0.05) is 22.7 Å². The summed E-state index contributed by atoms with van der Waals surface area (Å²) in [6.45, 7) is 4.61. The Bertz CT molecular complexity index is 656. The standard InChI is InChI=1S/C14H17Cl2N3O2/c1-8-9(2)18-19(3-4-20)14(8)17-7-10-5-11(15)6-12(16)13(10)21/h5-6,17,20-21H,3-4,7H2,1-2H3. The molecule has 2 aromatic rings. The highest BCUT2D eigenvalue weighted by Gasteiger charge is 2.13. The molecule has 0 spiro atoms. The van der Waals surface area contributed by atoms with E-state index in [1.165, 1.54) is 6.07 Å². The molecule has 0 amide bonds. The first-order chi connectivity index (χ1) is 9.93. The predicted molar refractivity (Wildman–Crippen MR) is 84.2 cm³/mol. The van der Waals surface area contributed by atoms with Crippen LogP contribution in [-0.4, -0.2) is 26.6 Å². The summed E-state index contributed by atoms with van der Waals surface area (Å²) in [4.78, 5) is 0. The highest BCUT2D eigenvalue weighted by Crippen LogP contribution is 2.32. The van der Waals surface area contributed by atoms with E-state index in [-0.39, 0.29) is 17.4 Å². The lowest BCUT2D eigenvalue weighted by Crippen LogP contribution is -2.11. The smallest absolute Gasteiger partial charge is 0.139 e. The molecule has 21 heavy (non-hydrogen) atoms. The molecule has 1 aromatic carbocycles. The van der Waals surface area contributed by atoms with Gasteiger partial charge in [0.15, 0.2) is 0 Å². The highest BCUT2D eigenvalue weighted by molar-refractivity contribution is 6.35. The van der Waals surface area contributed by atoms with E-state index in [1.807, 2.05) is 13.8 Å². The summed E-state index contributed by atoms with van der Waals surface area (Å²) in [7, 11) is 0. The van der Waals surface area contributed by atoms with Crippen molar-refractivity contribution in [2.24, 2.45) is 0 Å². The quantitative estimate of drug-likeness (QED) is 0.788. The van der Waals surface area contributed by atoms with Gasteiger partial charge >= 0.3 is 0 Å². The summed E-state index contributed by atoms with van der Waals surface area (Å²) in [5.74, 6) is 0.813. The SMILES string of the molecule is Cc1nn(CCO)c(NCc2cc(Cl)cc(Cl)c2O)c1C. The topological polar surface area (TPSA) is 70.3 Å². The Morgan fingerprint density at radius 3 is 2.67 bits per heavy atom. The summed E-state index contributed by atoms with van der Waals surface area (Å²) in [5.41, 5.74) is 2.48. The van der Waals surface area contributed by atoms with Crippen molar-refractivity contribution in [3.8, 4) is 5.75 Å². The number of hydrogen-bond donors (Lipinski definition) is 3. The molecule has 0 saturated heterocycles. The molecule has 0 atom stereocenters. The lowest BCUT2D eigenvalue weighted by atomic mass is 10.2. The normalized spacial score (nSPS) is 10.9. The second-order valence-corrected chi connectivity index (χ2v) is 5.60. The number of aromatic hydroxyl groups is 1. The second-order valence-electron chi connectivity index (χ2n) is 4.75. The number of anilines is 1. The first kappa shape index (κ1) is 15.9. The van der Waals surface area contributed by atoms with Crippen LogP contribution in [0.5, 0.6) is 5.75 Å². The van der Waals surface area contributed by atoms with E-state index in [0.717, 1.165) is 17.1 Å². The van der Waals surface area contributed by atoms with Gasteiger partial charge in [-0.1, -0.05) is 23.2 Å². The van der Waals surface area contributed by atoms with E-state index in [9.17, 15) is 5.11 Å². The second kappa shape index (κ2) is 6.56. The number of aryl methyl sites for hydroxylation is 1. The zero-order chi connectivity index (χ0) is 15.6. The molecule has 5 nitrogen and oxygen atoms in total. The molecule has 114 valence electrons. The average Bonchev–Trinajstić information content (AvgIpc) is 2.68. The van der Waals surface area contributed by atoms with Gasteiger partial charge in [0.2, 0.25) is 0 Å². The maximum Gasteiger partial charge on any atom is 0.139 e. The Kier molecular flexibility index (Phi) is 4.98. The molecule has 0 unspecified atom stereocenters. The Morgan fingerprint density at radius 2 is 2.00 bits per heavy atom. The molecule has 2 rings (SSSR count). The number of phenols is 1. The molecule has 0 aliphatic rings. The van der Waals surface area contributed by atoms with Gasteiger partial charge in [-0.15, -0.1) is 0 Å². The molecule has 0 bridgehead atoms. The predicted octanol–water partition coefficient (Wildman–Crippen LogP) is 3.12. The van der Waals surface area contributed by atoms with Crippen LogP contribution in [-0.2, 0) is 13.1 Å². The number of phenolic OH excluding ortho intramolecular Hbond substituents is 1. The Morgan fingerprint density at radius 1 is 1.29 bits per heavy atom. The van der Waals surface area contributed by atoms with Crippen molar-refractivity contribution in [2.75, 3.05) is 11.9 Å². The van der Waals surface area contributed by atoms with E-state index in [2.05, 4.69) is 10.4 Å². The number of benzene rings is 1. The van der Waals surface area contributed by atoms with Crippen molar-refractivity contribution in [1.82, 2.24) is 9.78 Å². The third kappa shape index (κ3) is 3.43. The van der Waals surface area contributed by atoms with Gasteiger partial charge in [-0.05, 0) is 26.0 Å². The van der Waals surface area contributed by atoms with Crippen molar-refractivity contribution < 1.29 is 10.2 Å². The number of nitrogens with zero attached hydrogens (tertiary/aromatic N) is 2. The van der Waals surface area contributed by atoms with Gasteiger partial charge in [-0.3, -0.25) is 0 Å². The third-order valence-electron chi connectivity index (χ3n) is 3.29. The number of aliphatic hydroxyl groups is 1. The largest absolute Gasteiger partial charge is 0.506 e. The molecule has 1 aromatic heterocycles. The van der Waals surface area contributed by atoms with Crippen LogP contribution in [0.15, 0.2) is 12.1 Å². The van der Waals surface area contributed by atoms with Crippen LogP contribution in [0.3, 0.4) is 0 Å². The van der Waals surface area contributed by atoms with Crippen molar-refractivity contribution in [3.05, 3.63) is 39.0 Å².